The molecular formula is C18H25ClN2O2. The third-order valence-corrected chi connectivity index (χ3v) is 5.59. The zero-order chi connectivity index (χ0) is 15.1. The molecule has 1 aromatic rings. The minimum atomic E-state index is 0. The summed E-state index contributed by atoms with van der Waals surface area (Å²) in [5, 5.41) is 13.3. The molecule has 2 unspecified atom stereocenters. The topological polar surface area (TPSA) is 52.6 Å². The van der Waals surface area contributed by atoms with Gasteiger partial charge in [0.25, 0.3) is 0 Å². The zero-order valence-electron chi connectivity index (χ0n) is 13.3. The second-order valence-electron chi connectivity index (χ2n) is 7.20. The Morgan fingerprint density at radius 1 is 1.22 bits per heavy atom. The summed E-state index contributed by atoms with van der Waals surface area (Å²) in [6.07, 6.45) is 6.49. The molecule has 4 nitrogen and oxygen atoms in total. The molecule has 0 radical (unpaired) electrons. The van der Waals surface area contributed by atoms with Crippen LogP contribution in [0, 0.1) is 5.92 Å². The first-order valence-corrected chi connectivity index (χ1v) is 8.52. The Bertz CT molecular complexity index is 580. The molecule has 2 bridgehead atoms. The number of benzene rings is 1. The van der Waals surface area contributed by atoms with E-state index < -0.39 is 0 Å². The molecule has 2 saturated heterocycles. The summed E-state index contributed by atoms with van der Waals surface area (Å²) in [4.78, 5) is 14.6. The number of carbonyl (C=O) groups is 1. The summed E-state index contributed by atoms with van der Waals surface area (Å²) < 4.78 is 0. The van der Waals surface area contributed by atoms with Crippen molar-refractivity contribution in [3.8, 4) is 5.75 Å². The van der Waals surface area contributed by atoms with Crippen LogP contribution >= 0.6 is 12.4 Å². The maximum atomic E-state index is 12.6. The lowest BCUT2D eigenvalue weighted by atomic mass is 9.89. The van der Waals surface area contributed by atoms with Crippen molar-refractivity contribution in [1.29, 1.82) is 0 Å². The van der Waals surface area contributed by atoms with Crippen LogP contribution in [0.25, 0.3) is 0 Å². The van der Waals surface area contributed by atoms with Crippen molar-refractivity contribution in [2.45, 2.75) is 57.2 Å². The number of aromatic hydroxyl groups is 1. The van der Waals surface area contributed by atoms with E-state index in [0.29, 0.717) is 42.6 Å². The lowest BCUT2D eigenvalue weighted by Crippen LogP contribution is -2.41. The zero-order valence-corrected chi connectivity index (χ0v) is 14.1. The summed E-state index contributed by atoms with van der Waals surface area (Å²) >= 11 is 0. The lowest BCUT2D eigenvalue weighted by Gasteiger charge is -2.33. The van der Waals surface area contributed by atoms with Crippen LogP contribution in [-0.4, -0.2) is 34.5 Å². The van der Waals surface area contributed by atoms with E-state index in [-0.39, 0.29) is 12.4 Å². The molecule has 0 aromatic heterocycles. The van der Waals surface area contributed by atoms with Crippen LogP contribution in [0.5, 0.6) is 5.75 Å². The van der Waals surface area contributed by atoms with Crippen molar-refractivity contribution >= 4 is 18.3 Å². The molecule has 0 spiro atoms. The van der Waals surface area contributed by atoms with Crippen molar-refractivity contribution in [1.82, 2.24) is 10.2 Å². The first-order valence-electron chi connectivity index (χ1n) is 8.52. The van der Waals surface area contributed by atoms with Crippen LogP contribution in [0.2, 0.25) is 0 Å². The van der Waals surface area contributed by atoms with E-state index in [1.54, 1.807) is 12.1 Å². The molecule has 2 fully saturated rings. The number of hydrogen-bond acceptors (Lipinski definition) is 3. The maximum absolute atomic E-state index is 12.6. The quantitative estimate of drug-likeness (QED) is 0.873. The van der Waals surface area contributed by atoms with Crippen molar-refractivity contribution < 1.29 is 9.90 Å². The number of phenols is 1. The first-order chi connectivity index (χ1) is 10.7. The molecule has 126 valence electrons. The second-order valence-corrected chi connectivity index (χ2v) is 7.20. The number of nitrogens with zero attached hydrogens (tertiary/aromatic N) is 1. The largest absolute Gasteiger partial charge is 0.508 e. The number of halogens is 1. The minimum Gasteiger partial charge on any atom is -0.508 e. The van der Waals surface area contributed by atoms with Gasteiger partial charge in [-0.1, -0.05) is 6.07 Å². The highest BCUT2D eigenvalue weighted by molar-refractivity contribution is 5.85. The molecule has 5 heteroatoms. The normalized spacial score (nSPS) is 28.9. The van der Waals surface area contributed by atoms with E-state index >= 15 is 0 Å². The average molecular weight is 337 g/mol. The molecule has 3 aliphatic heterocycles. The second kappa shape index (κ2) is 6.70. The fraction of sp³-hybridized carbons (Fsp3) is 0.611. The summed E-state index contributed by atoms with van der Waals surface area (Å²) in [6.45, 7) is 1.47. The van der Waals surface area contributed by atoms with Gasteiger partial charge in [-0.2, -0.15) is 0 Å². The van der Waals surface area contributed by atoms with E-state index in [4.69, 9.17) is 0 Å². The Morgan fingerprint density at radius 2 is 1.96 bits per heavy atom. The van der Waals surface area contributed by atoms with Gasteiger partial charge in [-0.3, -0.25) is 4.79 Å². The van der Waals surface area contributed by atoms with Crippen LogP contribution in [0.4, 0.5) is 0 Å². The number of hydrogen-bond donors (Lipinski definition) is 2. The Labute approximate surface area is 143 Å². The Kier molecular flexibility index (Phi) is 4.83. The van der Waals surface area contributed by atoms with E-state index in [1.165, 1.54) is 18.4 Å². The highest BCUT2D eigenvalue weighted by Crippen LogP contribution is 2.33. The molecule has 1 amide bonds. The molecule has 2 atom stereocenters. The van der Waals surface area contributed by atoms with Crippen LogP contribution in [-0.2, 0) is 17.8 Å². The maximum Gasteiger partial charge on any atom is 0.223 e. The van der Waals surface area contributed by atoms with Gasteiger partial charge in [0.2, 0.25) is 5.91 Å². The number of phenolic OH excluding ortho intramolecular Hbond substituents is 1. The monoisotopic (exact) mass is 336 g/mol. The van der Waals surface area contributed by atoms with Crippen LogP contribution in [0.1, 0.15) is 43.2 Å². The predicted molar refractivity (Wildman–Crippen MR) is 91.8 cm³/mol. The van der Waals surface area contributed by atoms with Crippen molar-refractivity contribution in [3.05, 3.63) is 29.3 Å². The third-order valence-electron chi connectivity index (χ3n) is 5.59. The van der Waals surface area contributed by atoms with Crippen LogP contribution in [0.15, 0.2) is 18.2 Å². The predicted octanol–water partition coefficient (Wildman–Crippen LogP) is 2.62. The first kappa shape index (κ1) is 16.6. The molecular weight excluding hydrogens is 312 g/mol. The molecule has 23 heavy (non-hydrogen) atoms. The summed E-state index contributed by atoms with van der Waals surface area (Å²) in [6, 6.07) is 6.82. The summed E-state index contributed by atoms with van der Waals surface area (Å²) in [5.41, 5.74) is 2.37. The number of amides is 1. The summed E-state index contributed by atoms with van der Waals surface area (Å²) in [5.74, 6) is 1.14. The Hall–Kier alpha value is -1.26. The van der Waals surface area contributed by atoms with Gasteiger partial charge in [-0.15, -0.1) is 12.4 Å². The van der Waals surface area contributed by atoms with Gasteiger partial charge in [0, 0.05) is 31.6 Å². The molecule has 0 saturated carbocycles. The lowest BCUT2D eigenvalue weighted by molar-refractivity contribution is -0.133. The number of nitrogens with one attached hydrogen (secondary N) is 1. The van der Waals surface area contributed by atoms with E-state index in [0.717, 1.165) is 31.4 Å². The number of fused-ring (bicyclic) bond motifs is 3. The third kappa shape index (κ3) is 3.48. The van der Waals surface area contributed by atoms with Gasteiger partial charge in [0.1, 0.15) is 5.75 Å². The van der Waals surface area contributed by atoms with Gasteiger partial charge in [-0.25, -0.2) is 0 Å². The SMILES string of the molecule is Cl.O=C(CC1CC2CCC(C1)N2)N1CCc2ccc(O)cc2C1. The molecule has 1 aromatic carbocycles. The number of rotatable bonds is 2. The van der Waals surface area contributed by atoms with E-state index in [9.17, 15) is 9.90 Å². The van der Waals surface area contributed by atoms with E-state index in [1.807, 2.05) is 11.0 Å². The number of carbonyl (C=O) groups excluding carboxylic acids is 1. The van der Waals surface area contributed by atoms with Crippen molar-refractivity contribution in [2.75, 3.05) is 6.54 Å². The average Bonchev–Trinajstić information content (AvgIpc) is 2.85. The van der Waals surface area contributed by atoms with Gasteiger partial charge in [0.05, 0.1) is 0 Å². The van der Waals surface area contributed by atoms with Crippen molar-refractivity contribution in [3.63, 3.8) is 0 Å². The highest BCUT2D eigenvalue weighted by atomic mass is 35.5. The molecule has 3 heterocycles. The smallest absolute Gasteiger partial charge is 0.223 e. The standard InChI is InChI=1S/C18H24N2O2.ClH/c21-17-4-1-13-5-6-20(11-14(13)10-17)18(22)9-12-7-15-2-3-16(8-12)19-15;/h1,4,10,12,15-16,19,21H,2-3,5-9,11H2;1H. The molecule has 2 N–H and O–H groups in total. The van der Waals surface area contributed by atoms with Gasteiger partial charge < -0.3 is 15.3 Å². The minimum absolute atomic E-state index is 0. The molecule has 3 aliphatic rings. The summed E-state index contributed by atoms with van der Waals surface area (Å²) in [7, 11) is 0. The Morgan fingerprint density at radius 3 is 2.70 bits per heavy atom. The van der Waals surface area contributed by atoms with Crippen LogP contribution in [0.3, 0.4) is 0 Å². The van der Waals surface area contributed by atoms with Gasteiger partial charge in [-0.05, 0) is 61.3 Å². The van der Waals surface area contributed by atoms with Crippen molar-refractivity contribution in [2.24, 2.45) is 5.92 Å². The fourth-order valence-electron chi connectivity index (χ4n) is 4.47. The van der Waals surface area contributed by atoms with E-state index in [2.05, 4.69) is 5.32 Å². The van der Waals surface area contributed by atoms with Gasteiger partial charge in [0.15, 0.2) is 0 Å². The molecule has 4 rings (SSSR count). The molecule has 0 aliphatic carbocycles. The Balaban J connectivity index is 0.00000156. The number of piperidine rings is 1. The fourth-order valence-corrected chi connectivity index (χ4v) is 4.47. The highest BCUT2D eigenvalue weighted by Gasteiger charge is 2.35. The van der Waals surface area contributed by atoms with Crippen LogP contribution < -0.4 is 5.32 Å². The van der Waals surface area contributed by atoms with Gasteiger partial charge >= 0.3 is 0 Å².